The van der Waals surface area contributed by atoms with E-state index < -0.39 is 0 Å². The molecule has 0 unspecified atom stereocenters. The maximum absolute atomic E-state index is 8.80. The molecule has 22 heavy (non-hydrogen) atoms. The van der Waals surface area contributed by atoms with Crippen LogP contribution in [0.3, 0.4) is 0 Å². The highest BCUT2D eigenvalue weighted by atomic mass is 35.5. The Morgan fingerprint density at radius 3 is 2.68 bits per heavy atom. The van der Waals surface area contributed by atoms with Gasteiger partial charge in [0.1, 0.15) is 18.1 Å². The van der Waals surface area contributed by atoms with E-state index in [1.165, 1.54) is 0 Å². The van der Waals surface area contributed by atoms with Crippen molar-refractivity contribution in [3.05, 3.63) is 70.9 Å². The first-order chi connectivity index (χ1) is 10.8. The highest BCUT2D eigenvalue weighted by Crippen LogP contribution is 2.26. The molecule has 0 spiro atoms. The molecule has 0 aliphatic heterocycles. The van der Waals surface area contributed by atoms with Gasteiger partial charge in [0.2, 0.25) is 0 Å². The third-order valence-corrected chi connectivity index (χ3v) is 3.35. The average molecular weight is 311 g/mol. The number of hydrogen-bond donors (Lipinski definition) is 0. The molecule has 2 aromatic carbocycles. The number of rotatable bonds is 4. The first kappa shape index (κ1) is 14.2. The first-order valence-corrected chi connectivity index (χ1v) is 6.97. The molecule has 108 valence electrons. The van der Waals surface area contributed by atoms with Crippen LogP contribution in [0.2, 0.25) is 5.02 Å². The van der Waals surface area contributed by atoms with Crippen LogP contribution in [0.1, 0.15) is 11.3 Å². The van der Waals surface area contributed by atoms with Crippen molar-refractivity contribution in [1.82, 2.24) is 5.16 Å². The van der Waals surface area contributed by atoms with Crippen LogP contribution in [0.5, 0.6) is 5.75 Å². The summed E-state index contributed by atoms with van der Waals surface area (Å²) in [6.07, 6.45) is 0. The second-order valence-electron chi connectivity index (χ2n) is 4.59. The molecule has 0 radical (unpaired) electrons. The van der Waals surface area contributed by atoms with Gasteiger partial charge in [-0.3, -0.25) is 0 Å². The predicted octanol–water partition coefficient (Wildman–Crippen LogP) is 4.45. The average Bonchev–Trinajstić information content (AvgIpc) is 3.03. The van der Waals surface area contributed by atoms with Gasteiger partial charge in [0.25, 0.3) is 0 Å². The normalized spacial score (nSPS) is 10.2. The molecule has 5 heteroatoms. The maximum Gasteiger partial charge on any atom is 0.167 e. The minimum atomic E-state index is 0.238. The van der Waals surface area contributed by atoms with Crippen LogP contribution >= 0.6 is 11.6 Å². The predicted molar refractivity (Wildman–Crippen MR) is 82.4 cm³/mol. The minimum Gasteiger partial charge on any atom is -0.486 e. The Hall–Kier alpha value is -2.77. The smallest absolute Gasteiger partial charge is 0.167 e. The van der Waals surface area contributed by atoms with Crippen molar-refractivity contribution in [2.75, 3.05) is 0 Å². The van der Waals surface area contributed by atoms with Crippen LogP contribution in [-0.4, -0.2) is 5.16 Å². The van der Waals surface area contributed by atoms with Crippen LogP contribution in [0.4, 0.5) is 0 Å². The van der Waals surface area contributed by atoms with Crippen molar-refractivity contribution in [3.8, 4) is 23.1 Å². The van der Waals surface area contributed by atoms with Crippen LogP contribution in [0.15, 0.2) is 59.1 Å². The minimum absolute atomic E-state index is 0.238. The molecule has 0 saturated carbocycles. The molecule has 3 rings (SSSR count). The third kappa shape index (κ3) is 3.11. The summed E-state index contributed by atoms with van der Waals surface area (Å²) in [6, 6.07) is 18.4. The number of nitriles is 1. The molecule has 0 amide bonds. The molecule has 0 fully saturated rings. The summed E-state index contributed by atoms with van der Waals surface area (Å²) < 4.78 is 10.9. The third-order valence-electron chi connectivity index (χ3n) is 3.05. The van der Waals surface area contributed by atoms with Gasteiger partial charge in [0, 0.05) is 11.6 Å². The molecule has 0 N–H and O–H groups in total. The van der Waals surface area contributed by atoms with Gasteiger partial charge in [-0.2, -0.15) is 5.26 Å². The summed E-state index contributed by atoms with van der Waals surface area (Å²) >= 11 is 6.06. The lowest BCUT2D eigenvalue weighted by atomic mass is 10.2. The zero-order chi connectivity index (χ0) is 15.4. The Morgan fingerprint density at radius 1 is 1.14 bits per heavy atom. The quantitative estimate of drug-likeness (QED) is 0.714. The van der Waals surface area contributed by atoms with E-state index in [9.17, 15) is 0 Å². The molecular weight excluding hydrogens is 300 g/mol. The van der Waals surface area contributed by atoms with E-state index in [2.05, 4.69) is 5.16 Å². The van der Waals surface area contributed by atoms with Crippen LogP contribution in [-0.2, 0) is 6.61 Å². The van der Waals surface area contributed by atoms with Gasteiger partial charge in [0.15, 0.2) is 5.76 Å². The lowest BCUT2D eigenvalue weighted by Gasteiger charge is -2.05. The highest BCUT2D eigenvalue weighted by Gasteiger charge is 2.08. The van der Waals surface area contributed by atoms with E-state index in [1.54, 1.807) is 18.2 Å². The Morgan fingerprint density at radius 2 is 1.95 bits per heavy atom. The van der Waals surface area contributed by atoms with E-state index in [1.807, 2.05) is 42.5 Å². The molecule has 0 atom stereocenters. The van der Waals surface area contributed by atoms with Crippen molar-refractivity contribution < 1.29 is 9.26 Å². The Kier molecular flexibility index (Phi) is 4.08. The Bertz CT molecular complexity index is 822. The largest absolute Gasteiger partial charge is 0.486 e. The van der Waals surface area contributed by atoms with Gasteiger partial charge in [-0.25, -0.2) is 0 Å². The number of benzene rings is 2. The van der Waals surface area contributed by atoms with E-state index in [4.69, 9.17) is 26.1 Å². The highest BCUT2D eigenvalue weighted by molar-refractivity contribution is 6.32. The van der Waals surface area contributed by atoms with Crippen LogP contribution < -0.4 is 4.74 Å². The molecule has 1 aromatic heterocycles. The molecular formula is C17H11ClN2O2. The fourth-order valence-electron chi connectivity index (χ4n) is 1.96. The number of nitrogens with zero attached hydrogens (tertiary/aromatic N) is 2. The number of halogens is 1. The van der Waals surface area contributed by atoms with Crippen molar-refractivity contribution in [1.29, 1.82) is 5.26 Å². The monoisotopic (exact) mass is 310 g/mol. The van der Waals surface area contributed by atoms with Gasteiger partial charge < -0.3 is 9.26 Å². The second-order valence-corrected chi connectivity index (χ2v) is 5.00. The molecule has 0 saturated heterocycles. The molecule has 4 nitrogen and oxygen atoms in total. The number of ether oxygens (including phenoxy) is 1. The fraction of sp³-hybridized carbons (Fsp3) is 0.0588. The molecule has 0 aliphatic rings. The van der Waals surface area contributed by atoms with Gasteiger partial charge in [-0.05, 0) is 18.2 Å². The summed E-state index contributed by atoms with van der Waals surface area (Å²) in [6.45, 7) is 0.238. The van der Waals surface area contributed by atoms with E-state index in [0.29, 0.717) is 27.8 Å². The maximum atomic E-state index is 8.80. The fourth-order valence-corrected chi connectivity index (χ4v) is 2.19. The van der Waals surface area contributed by atoms with Crippen molar-refractivity contribution >= 4 is 11.6 Å². The summed E-state index contributed by atoms with van der Waals surface area (Å²) in [7, 11) is 0. The van der Waals surface area contributed by atoms with Gasteiger partial charge in [-0.15, -0.1) is 0 Å². The van der Waals surface area contributed by atoms with Crippen molar-refractivity contribution in [2.24, 2.45) is 0 Å². The van der Waals surface area contributed by atoms with Gasteiger partial charge in [0.05, 0.1) is 16.7 Å². The van der Waals surface area contributed by atoms with E-state index >= 15 is 0 Å². The van der Waals surface area contributed by atoms with Crippen LogP contribution in [0, 0.1) is 11.3 Å². The summed E-state index contributed by atoms with van der Waals surface area (Å²) in [5.41, 5.74) is 2.11. The van der Waals surface area contributed by atoms with E-state index in [-0.39, 0.29) is 6.61 Å². The van der Waals surface area contributed by atoms with Gasteiger partial charge >= 0.3 is 0 Å². The zero-order valence-corrected chi connectivity index (χ0v) is 12.2. The zero-order valence-electron chi connectivity index (χ0n) is 11.5. The molecule has 3 aromatic rings. The lowest BCUT2D eigenvalue weighted by molar-refractivity contribution is 0.290. The second kappa shape index (κ2) is 6.33. The standard InChI is InChI=1S/C17H11ClN2O2/c18-15-8-12(10-19)6-7-16(15)21-11-14-9-17(22-20-14)13-4-2-1-3-5-13/h1-9H,11H2. The summed E-state index contributed by atoms with van der Waals surface area (Å²) in [4.78, 5) is 0. The summed E-state index contributed by atoms with van der Waals surface area (Å²) in [5, 5.41) is 13.2. The summed E-state index contributed by atoms with van der Waals surface area (Å²) in [5.74, 6) is 1.19. The number of aromatic nitrogens is 1. The van der Waals surface area contributed by atoms with Crippen molar-refractivity contribution in [2.45, 2.75) is 6.61 Å². The van der Waals surface area contributed by atoms with Gasteiger partial charge in [-0.1, -0.05) is 47.1 Å². The Labute approximate surface area is 132 Å². The molecule has 1 heterocycles. The van der Waals surface area contributed by atoms with Crippen LogP contribution in [0.25, 0.3) is 11.3 Å². The Balaban J connectivity index is 1.70. The van der Waals surface area contributed by atoms with Crippen molar-refractivity contribution in [3.63, 3.8) is 0 Å². The molecule has 0 bridgehead atoms. The van der Waals surface area contributed by atoms with E-state index in [0.717, 1.165) is 5.56 Å². The molecule has 0 aliphatic carbocycles. The number of hydrogen-bond acceptors (Lipinski definition) is 4. The topological polar surface area (TPSA) is 59.0 Å². The first-order valence-electron chi connectivity index (χ1n) is 6.60. The SMILES string of the molecule is N#Cc1ccc(OCc2cc(-c3ccccc3)on2)c(Cl)c1. The lowest BCUT2D eigenvalue weighted by Crippen LogP contribution is -1.96.